The van der Waals surface area contributed by atoms with Crippen molar-refractivity contribution < 1.29 is 13.8 Å². The maximum Gasteiger partial charge on any atom is 0.229 e. The SMILES string of the molecule is CC(=O)N(CCc1noc(C2CCC2)n1)C1CCN(Cc2c(C)noc2C)C1. The van der Waals surface area contributed by atoms with Crippen LogP contribution in [0.4, 0.5) is 0 Å². The summed E-state index contributed by atoms with van der Waals surface area (Å²) in [6.45, 7) is 8.85. The van der Waals surface area contributed by atoms with Crippen molar-refractivity contribution >= 4 is 5.91 Å². The predicted molar refractivity (Wildman–Crippen MR) is 102 cm³/mol. The zero-order valence-corrected chi connectivity index (χ0v) is 17.0. The van der Waals surface area contributed by atoms with Crippen LogP contribution in [0.1, 0.15) is 67.3 Å². The van der Waals surface area contributed by atoms with E-state index in [9.17, 15) is 4.79 Å². The smallest absolute Gasteiger partial charge is 0.229 e. The number of aryl methyl sites for hydroxylation is 2. The van der Waals surface area contributed by atoms with Crippen molar-refractivity contribution in [3.05, 3.63) is 28.7 Å². The number of amides is 1. The van der Waals surface area contributed by atoms with Crippen LogP contribution >= 0.6 is 0 Å². The van der Waals surface area contributed by atoms with Crippen LogP contribution in [0, 0.1) is 13.8 Å². The molecule has 1 saturated carbocycles. The van der Waals surface area contributed by atoms with Gasteiger partial charge < -0.3 is 13.9 Å². The molecule has 2 aromatic heterocycles. The van der Waals surface area contributed by atoms with E-state index in [1.54, 1.807) is 6.92 Å². The molecule has 28 heavy (non-hydrogen) atoms. The minimum Gasteiger partial charge on any atom is -0.361 e. The van der Waals surface area contributed by atoms with Gasteiger partial charge in [0.2, 0.25) is 11.8 Å². The fourth-order valence-electron chi connectivity index (χ4n) is 4.17. The lowest BCUT2D eigenvalue weighted by atomic mass is 9.85. The fraction of sp³-hybridized carbons (Fsp3) is 0.700. The predicted octanol–water partition coefficient (Wildman–Crippen LogP) is 2.61. The topological polar surface area (TPSA) is 88.5 Å². The standard InChI is InChI=1S/C20H29N5O3/c1-13-18(14(2)27-22-13)12-24-9-7-17(11-24)25(15(3)26)10-8-19-21-20(28-23-19)16-5-4-6-16/h16-17H,4-12H2,1-3H3. The molecule has 1 atom stereocenters. The second-order valence-corrected chi connectivity index (χ2v) is 8.12. The van der Waals surface area contributed by atoms with Crippen molar-refractivity contribution in [2.45, 2.75) is 71.4 Å². The Bertz CT molecular complexity index is 806. The summed E-state index contributed by atoms with van der Waals surface area (Å²) in [6, 6.07) is 0.218. The molecule has 1 aliphatic heterocycles. The van der Waals surface area contributed by atoms with Crippen LogP contribution in [0.25, 0.3) is 0 Å². The number of hydrogen-bond donors (Lipinski definition) is 0. The number of carbonyl (C=O) groups excluding carboxylic acids is 1. The van der Waals surface area contributed by atoms with Gasteiger partial charge in [-0.15, -0.1) is 0 Å². The molecule has 0 spiro atoms. The molecular formula is C20H29N5O3. The van der Waals surface area contributed by atoms with E-state index in [4.69, 9.17) is 9.05 Å². The van der Waals surface area contributed by atoms with Gasteiger partial charge in [-0.05, 0) is 33.1 Å². The van der Waals surface area contributed by atoms with E-state index in [2.05, 4.69) is 20.2 Å². The first-order valence-electron chi connectivity index (χ1n) is 10.2. The summed E-state index contributed by atoms with van der Waals surface area (Å²) in [4.78, 5) is 21.1. The average Bonchev–Trinajstić information content (AvgIpc) is 3.32. The van der Waals surface area contributed by atoms with Gasteiger partial charge in [0.05, 0.1) is 5.69 Å². The van der Waals surface area contributed by atoms with Crippen molar-refractivity contribution in [2.75, 3.05) is 19.6 Å². The fourth-order valence-corrected chi connectivity index (χ4v) is 4.17. The minimum atomic E-state index is 0.104. The van der Waals surface area contributed by atoms with Gasteiger partial charge in [0, 0.05) is 57.0 Å². The Morgan fingerprint density at radius 3 is 2.68 bits per heavy atom. The quantitative estimate of drug-likeness (QED) is 0.721. The summed E-state index contributed by atoms with van der Waals surface area (Å²) in [5.74, 6) is 2.90. The normalized spacial score (nSPS) is 20.5. The molecule has 8 nitrogen and oxygen atoms in total. The molecule has 1 aliphatic carbocycles. The van der Waals surface area contributed by atoms with Gasteiger partial charge in [0.15, 0.2) is 5.82 Å². The van der Waals surface area contributed by atoms with E-state index in [-0.39, 0.29) is 11.9 Å². The Morgan fingerprint density at radius 1 is 1.21 bits per heavy atom. The third kappa shape index (κ3) is 3.97. The van der Waals surface area contributed by atoms with Gasteiger partial charge in [-0.3, -0.25) is 9.69 Å². The lowest BCUT2D eigenvalue weighted by molar-refractivity contribution is -0.130. The highest BCUT2D eigenvalue weighted by Gasteiger charge is 2.31. The van der Waals surface area contributed by atoms with Crippen LogP contribution in [0.3, 0.4) is 0 Å². The van der Waals surface area contributed by atoms with Crippen molar-refractivity contribution in [1.82, 2.24) is 25.1 Å². The molecule has 1 unspecified atom stereocenters. The Morgan fingerprint density at radius 2 is 2.04 bits per heavy atom. The molecule has 2 aliphatic rings. The number of likely N-dealkylation sites (tertiary alicyclic amines) is 1. The van der Waals surface area contributed by atoms with Crippen molar-refractivity contribution in [3.63, 3.8) is 0 Å². The summed E-state index contributed by atoms with van der Waals surface area (Å²) in [5.41, 5.74) is 2.11. The Kier molecular flexibility index (Phi) is 5.48. The molecular weight excluding hydrogens is 358 g/mol. The number of aromatic nitrogens is 3. The molecule has 2 fully saturated rings. The number of nitrogens with zero attached hydrogens (tertiary/aromatic N) is 5. The van der Waals surface area contributed by atoms with E-state index in [1.807, 2.05) is 18.7 Å². The van der Waals surface area contributed by atoms with E-state index >= 15 is 0 Å². The maximum atomic E-state index is 12.3. The second kappa shape index (κ2) is 8.03. The number of rotatable bonds is 7. The molecule has 1 saturated heterocycles. The molecule has 3 heterocycles. The van der Waals surface area contributed by atoms with Crippen molar-refractivity contribution in [2.24, 2.45) is 0 Å². The number of hydrogen-bond acceptors (Lipinski definition) is 7. The minimum absolute atomic E-state index is 0.104. The molecule has 152 valence electrons. The molecule has 4 rings (SSSR count). The molecule has 0 bridgehead atoms. The highest BCUT2D eigenvalue weighted by Crippen LogP contribution is 2.35. The molecule has 0 N–H and O–H groups in total. The zero-order chi connectivity index (χ0) is 19.7. The lowest BCUT2D eigenvalue weighted by Crippen LogP contribution is -2.42. The van der Waals surface area contributed by atoms with Crippen LogP contribution in [-0.4, -0.2) is 56.7 Å². The van der Waals surface area contributed by atoms with Crippen molar-refractivity contribution in [3.8, 4) is 0 Å². The Labute approximate surface area is 165 Å². The Hall–Kier alpha value is -2.22. The van der Waals surface area contributed by atoms with Gasteiger partial charge >= 0.3 is 0 Å². The monoisotopic (exact) mass is 387 g/mol. The van der Waals surface area contributed by atoms with Crippen LogP contribution < -0.4 is 0 Å². The summed E-state index contributed by atoms with van der Waals surface area (Å²) in [7, 11) is 0. The third-order valence-electron chi connectivity index (χ3n) is 6.17. The first-order valence-corrected chi connectivity index (χ1v) is 10.2. The average molecular weight is 387 g/mol. The van der Waals surface area contributed by atoms with Crippen LogP contribution in [0.2, 0.25) is 0 Å². The summed E-state index contributed by atoms with van der Waals surface area (Å²) < 4.78 is 10.7. The summed E-state index contributed by atoms with van der Waals surface area (Å²) >= 11 is 0. The molecule has 2 aromatic rings. The van der Waals surface area contributed by atoms with Gasteiger partial charge in [0.25, 0.3) is 0 Å². The molecule has 0 radical (unpaired) electrons. The third-order valence-corrected chi connectivity index (χ3v) is 6.17. The van der Waals surface area contributed by atoms with Gasteiger partial charge in [0.1, 0.15) is 5.76 Å². The summed E-state index contributed by atoms with van der Waals surface area (Å²) in [6.07, 6.45) is 5.14. The first kappa shape index (κ1) is 19.1. The number of carbonyl (C=O) groups is 1. The van der Waals surface area contributed by atoms with Crippen LogP contribution in [-0.2, 0) is 17.8 Å². The molecule has 0 aromatic carbocycles. The second-order valence-electron chi connectivity index (χ2n) is 8.12. The zero-order valence-electron chi connectivity index (χ0n) is 17.0. The molecule has 8 heteroatoms. The summed E-state index contributed by atoms with van der Waals surface area (Å²) in [5, 5.41) is 8.15. The van der Waals surface area contributed by atoms with Crippen molar-refractivity contribution in [1.29, 1.82) is 0 Å². The highest BCUT2D eigenvalue weighted by molar-refractivity contribution is 5.73. The van der Waals surface area contributed by atoms with Gasteiger partial charge in [-0.2, -0.15) is 4.98 Å². The van der Waals surface area contributed by atoms with E-state index in [0.29, 0.717) is 24.7 Å². The largest absolute Gasteiger partial charge is 0.361 e. The van der Waals surface area contributed by atoms with Crippen LogP contribution in [0.15, 0.2) is 9.05 Å². The molecule has 1 amide bonds. The first-order chi connectivity index (χ1) is 13.5. The highest BCUT2D eigenvalue weighted by atomic mass is 16.5. The Balaban J connectivity index is 1.33. The van der Waals surface area contributed by atoms with E-state index in [0.717, 1.165) is 61.8 Å². The van der Waals surface area contributed by atoms with Gasteiger partial charge in [-0.1, -0.05) is 16.7 Å². The van der Waals surface area contributed by atoms with E-state index in [1.165, 1.54) is 6.42 Å². The maximum absolute atomic E-state index is 12.3. The lowest BCUT2D eigenvalue weighted by Gasteiger charge is -2.28. The van der Waals surface area contributed by atoms with E-state index < -0.39 is 0 Å². The van der Waals surface area contributed by atoms with Crippen LogP contribution in [0.5, 0.6) is 0 Å². The van der Waals surface area contributed by atoms with Gasteiger partial charge in [-0.25, -0.2) is 0 Å².